The predicted octanol–water partition coefficient (Wildman–Crippen LogP) is 4.32. The molecule has 2 aromatic rings. The minimum Gasteiger partial charge on any atom is -0.451 e. The van der Waals surface area contributed by atoms with Crippen molar-refractivity contribution < 1.29 is 18.6 Å². The van der Waals surface area contributed by atoms with E-state index in [2.05, 4.69) is 15.9 Å². The second-order valence-electron chi connectivity index (χ2n) is 4.06. The zero-order chi connectivity index (χ0) is 14.0. The number of hydrogen-bond acceptors (Lipinski definition) is 2. The molecule has 0 radical (unpaired) electrons. The Balaban J connectivity index is 2.41. The summed E-state index contributed by atoms with van der Waals surface area (Å²) in [5.41, 5.74) is 0.918. The molecular weight excluding hydrogens is 318 g/mol. The Kier molecular flexibility index (Phi) is 4.17. The summed E-state index contributed by atoms with van der Waals surface area (Å²) in [7, 11) is 0. The molecule has 5 heteroatoms. The van der Waals surface area contributed by atoms with Crippen LogP contribution in [0.4, 0.5) is 8.78 Å². The average molecular weight is 329 g/mol. The molecule has 2 nitrogen and oxygen atoms in total. The van der Waals surface area contributed by atoms with E-state index in [1.807, 2.05) is 6.07 Å². The topological polar surface area (TPSA) is 29.5 Å². The highest BCUT2D eigenvalue weighted by molar-refractivity contribution is 9.10. The highest BCUT2D eigenvalue weighted by Gasteiger charge is 2.14. The van der Waals surface area contributed by atoms with Crippen LogP contribution in [-0.4, -0.2) is 5.11 Å². The second-order valence-corrected chi connectivity index (χ2v) is 4.97. The van der Waals surface area contributed by atoms with E-state index in [9.17, 15) is 8.78 Å². The van der Waals surface area contributed by atoms with E-state index < -0.39 is 24.0 Å². The lowest BCUT2D eigenvalue weighted by atomic mass is 10.2. The Morgan fingerprint density at radius 1 is 1.16 bits per heavy atom. The average Bonchev–Trinajstić information content (AvgIpc) is 2.37. The maximum atomic E-state index is 13.7. The maximum Gasteiger partial charge on any atom is 0.198 e. The van der Waals surface area contributed by atoms with Crippen molar-refractivity contribution in [1.82, 2.24) is 0 Å². The Hall–Kier alpha value is -1.46. The third kappa shape index (κ3) is 3.11. The lowest BCUT2D eigenvalue weighted by Gasteiger charge is -2.11. The van der Waals surface area contributed by atoms with Crippen molar-refractivity contribution in [2.75, 3.05) is 0 Å². The minimum atomic E-state index is -0.844. The van der Waals surface area contributed by atoms with Crippen molar-refractivity contribution in [1.29, 1.82) is 0 Å². The lowest BCUT2D eigenvalue weighted by molar-refractivity contribution is 0.279. The molecule has 0 spiro atoms. The van der Waals surface area contributed by atoms with Gasteiger partial charge in [-0.3, -0.25) is 0 Å². The van der Waals surface area contributed by atoms with E-state index in [1.54, 1.807) is 19.1 Å². The third-order valence-corrected chi connectivity index (χ3v) is 3.10. The van der Waals surface area contributed by atoms with Crippen LogP contribution in [-0.2, 0) is 6.61 Å². The van der Waals surface area contributed by atoms with Gasteiger partial charge in [0.2, 0.25) is 0 Å². The molecule has 100 valence electrons. The Morgan fingerprint density at radius 3 is 2.37 bits per heavy atom. The van der Waals surface area contributed by atoms with Gasteiger partial charge in [-0.15, -0.1) is 0 Å². The summed E-state index contributed by atoms with van der Waals surface area (Å²) in [6.07, 6.45) is 0. The number of hydrogen-bond donors (Lipinski definition) is 1. The summed E-state index contributed by atoms with van der Waals surface area (Å²) >= 11 is 3.27. The summed E-state index contributed by atoms with van der Waals surface area (Å²) in [5, 5.41) is 8.87. The molecule has 0 bridgehead atoms. The van der Waals surface area contributed by atoms with E-state index in [4.69, 9.17) is 9.84 Å². The van der Waals surface area contributed by atoms with Gasteiger partial charge in [0.25, 0.3) is 0 Å². The quantitative estimate of drug-likeness (QED) is 0.909. The highest BCUT2D eigenvalue weighted by Crippen LogP contribution is 2.32. The van der Waals surface area contributed by atoms with Gasteiger partial charge in [0, 0.05) is 4.47 Å². The smallest absolute Gasteiger partial charge is 0.198 e. The zero-order valence-corrected chi connectivity index (χ0v) is 11.7. The first-order valence-electron chi connectivity index (χ1n) is 5.54. The fraction of sp³-hybridized carbons (Fsp3) is 0.143. The van der Waals surface area contributed by atoms with Gasteiger partial charge in [-0.25, -0.2) is 8.78 Å². The van der Waals surface area contributed by atoms with Crippen LogP contribution < -0.4 is 4.74 Å². The van der Waals surface area contributed by atoms with E-state index in [1.165, 1.54) is 0 Å². The van der Waals surface area contributed by atoms with E-state index in [0.717, 1.165) is 22.2 Å². The summed E-state index contributed by atoms with van der Waals surface area (Å²) in [6.45, 7) is 1.35. The second kappa shape index (κ2) is 5.67. The largest absolute Gasteiger partial charge is 0.451 e. The molecule has 2 rings (SSSR count). The molecule has 0 heterocycles. The first kappa shape index (κ1) is 14.0. The molecule has 0 unspecified atom stereocenters. The van der Waals surface area contributed by atoms with Gasteiger partial charge in [0.1, 0.15) is 5.75 Å². The van der Waals surface area contributed by atoms with Gasteiger partial charge < -0.3 is 9.84 Å². The van der Waals surface area contributed by atoms with Crippen LogP contribution in [0.15, 0.2) is 34.8 Å². The van der Waals surface area contributed by atoms with Gasteiger partial charge in [-0.1, -0.05) is 22.0 Å². The van der Waals surface area contributed by atoms with Crippen molar-refractivity contribution >= 4 is 15.9 Å². The van der Waals surface area contributed by atoms with Gasteiger partial charge in [-0.05, 0) is 42.3 Å². The molecule has 0 atom stereocenters. The molecule has 0 saturated heterocycles. The molecule has 0 aliphatic carbocycles. The number of aliphatic hydroxyl groups excluding tert-OH is 1. The molecule has 19 heavy (non-hydrogen) atoms. The van der Waals surface area contributed by atoms with Crippen LogP contribution in [0, 0.1) is 18.6 Å². The van der Waals surface area contributed by atoms with Gasteiger partial charge in [0.05, 0.1) is 6.61 Å². The van der Waals surface area contributed by atoms with E-state index in [0.29, 0.717) is 5.75 Å². The SMILES string of the molecule is Cc1ccc(Br)cc1Oc1c(F)cc(CO)cc1F. The number of rotatable bonds is 3. The molecule has 2 aromatic carbocycles. The standard InChI is InChI=1S/C14H11BrF2O2/c1-8-2-3-10(15)6-13(8)19-14-11(16)4-9(7-18)5-12(14)17/h2-6,18H,7H2,1H3. The third-order valence-electron chi connectivity index (χ3n) is 2.60. The van der Waals surface area contributed by atoms with Gasteiger partial charge in [0.15, 0.2) is 17.4 Å². The highest BCUT2D eigenvalue weighted by atomic mass is 79.9. The number of ether oxygens (including phenoxy) is 1. The first-order chi connectivity index (χ1) is 9.01. The number of aryl methyl sites for hydroxylation is 1. The van der Waals surface area contributed by atoms with Gasteiger partial charge >= 0.3 is 0 Å². The predicted molar refractivity (Wildman–Crippen MR) is 71.2 cm³/mol. The number of benzene rings is 2. The molecule has 0 aliphatic heterocycles. The van der Waals surface area contributed by atoms with Crippen molar-refractivity contribution in [2.45, 2.75) is 13.5 Å². The summed E-state index contributed by atoms with van der Waals surface area (Å²) < 4.78 is 33.5. The van der Waals surface area contributed by atoms with Crippen LogP contribution >= 0.6 is 15.9 Å². The zero-order valence-electron chi connectivity index (χ0n) is 10.1. The van der Waals surface area contributed by atoms with Crippen LogP contribution in [0.25, 0.3) is 0 Å². The van der Waals surface area contributed by atoms with E-state index >= 15 is 0 Å². The maximum absolute atomic E-state index is 13.7. The summed E-state index contributed by atoms with van der Waals surface area (Å²) in [6, 6.07) is 7.31. The fourth-order valence-corrected chi connectivity index (χ4v) is 1.94. The molecule has 0 amide bonds. The van der Waals surface area contributed by atoms with Crippen molar-refractivity contribution in [2.24, 2.45) is 0 Å². The monoisotopic (exact) mass is 328 g/mol. The first-order valence-corrected chi connectivity index (χ1v) is 6.33. The van der Waals surface area contributed by atoms with Crippen LogP contribution in [0.2, 0.25) is 0 Å². The van der Waals surface area contributed by atoms with Gasteiger partial charge in [-0.2, -0.15) is 0 Å². The molecule has 1 N–H and O–H groups in total. The summed E-state index contributed by atoms with van der Waals surface area (Å²) in [4.78, 5) is 0. The molecule has 0 aliphatic rings. The number of aliphatic hydroxyl groups is 1. The van der Waals surface area contributed by atoms with Crippen molar-refractivity contribution in [3.8, 4) is 11.5 Å². The lowest BCUT2D eigenvalue weighted by Crippen LogP contribution is -1.97. The normalized spacial score (nSPS) is 10.6. The number of halogens is 3. The minimum absolute atomic E-state index is 0.160. The van der Waals surface area contributed by atoms with Crippen LogP contribution in [0.3, 0.4) is 0 Å². The fourth-order valence-electron chi connectivity index (χ4n) is 1.60. The van der Waals surface area contributed by atoms with Crippen molar-refractivity contribution in [3.05, 3.63) is 57.6 Å². The Morgan fingerprint density at radius 2 is 1.79 bits per heavy atom. The summed E-state index contributed by atoms with van der Waals surface area (Å²) in [5.74, 6) is -1.80. The van der Waals surface area contributed by atoms with Crippen molar-refractivity contribution in [3.63, 3.8) is 0 Å². The molecule has 0 fully saturated rings. The Bertz CT molecular complexity index is 591. The van der Waals surface area contributed by atoms with Crippen LogP contribution in [0.1, 0.15) is 11.1 Å². The Labute approximate surface area is 117 Å². The van der Waals surface area contributed by atoms with Crippen LogP contribution in [0.5, 0.6) is 11.5 Å². The molecular formula is C14H11BrF2O2. The molecule has 0 aromatic heterocycles. The van der Waals surface area contributed by atoms with E-state index in [-0.39, 0.29) is 5.56 Å². The molecule has 0 saturated carbocycles.